The average Bonchev–Trinajstić information content (AvgIpc) is 2.59. The SMILES string of the molecule is CC1CCC(C(Br)c2cc(Cl)c(Br)s2)CC1. The molecule has 1 heterocycles. The molecular formula is C12H15Br2ClS. The Hall–Kier alpha value is 0.950. The first-order valence-electron chi connectivity index (χ1n) is 5.66. The summed E-state index contributed by atoms with van der Waals surface area (Å²) in [6.45, 7) is 2.36. The van der Waals surface area contributed by atoms with Gasteiger partial charge in [-0.15, -0.1) is 11.3 Å². The Kier molecular flexibility index (Phi) is 4.79. The molecule has 16 heavy (non-hydrogen) atoms. The Balaban J connectivity index is 2.04. The summed E-state index contributed by atoms with van der Waals surface area (Å²) in [6, 6.07) is 2.09. The van der Waals surface area contributed by atoms with Crippen LogP contribution in [0.5, 0.6) is 0 Å². The second kappa shape index (κ2) is 5.73. The van der Waals surface area contributed by atoms with Crippen molar-refractivity contribution in [3.05, 3.63) is 19.8 Å². The minimum Gasteiger partial charge on any atom is -0.130 e. The van der Waals surface area contributed by atoms with Crippen LogP contribution in [-0.4, -0.2) is 0 Å². The van der Waals surface area contributed by atoms with Crippen molar-refractivity contribution in [1.29, 1.82) is 0 Å². The van der Waals surface area contributed by atoms with Crippen LogP contribution < -0.4 is 0 Å². The maximum absolute atomic E-state index is 6.08. The fourth-order valence-corrected chi connectivity index (χ4v) is 5.07. The molecule has 1 fully saturated rings. The van der Waals surface area contributed by atoms with E-state index in [2.05, 4.69) is 44.8 Å². The van der Waals surface area contributed by atoms with Crippen LogP contribution in [0.15, 0.2) is 9.85 Å². The Morgan fingerprint density at radius 2 is 2.00 bits per heavy atom. The van der Waals surface area contributed by atoms with E-state index in [1.165, 1.54) is 30.6 Å². The molecule has 1 aromatic heterocycles. The van der Waals surface area contributed by atoms with E-state index >= 15 is 0 Å². The Bertz CT molecular complexity index is 336. The number of hydrogen-bond donors (Lipinski definition) is 0. The van der Waals surface area contributed by atoms with Crippen LogP contribution >= 0.6 is 54.8 Å². The van der Waals surface area contributed by atoms with Gasteiger partial charge < -0.3 is 0 Å². The number of thiophene rings is 1. The summed E-state index contributed by atoms with van der Waals surface area (Å²) in [5.41, 5.74) is 0. The molecule has 0 aromatic carbocycles. The van der Waals surface area contributed by atoms with Crippen molar-refractivity contribution in [2.24, 2.45) is 11.8 Å². The lowest BCUT2D eigenvalue weighted by Gasteiger charge is -2.29. The average molecular weight is 387 g/mol. The molecule has 0 saturated heterocycles. The number of alkyl halides is 1. The first kappa shape index (κ1) is 13.4. The van der Waals surface area contributed by atoms with Gasteiger partial charge in [-0.05, 0) is 46.7 Å². The Morgan fingerprint density at radius 3 is 2.50 bits per heavy atom. The fourth-order valence-electron chi connectivity index (χ4n) is 2.31. The molecule has 1 saturated carbocycles. The molecule has 2 rings (SSSR count). The second-order valence-electron chi connectivity index (χ2n) is 4.69. The molecule has 4 heteroatoms. The van der Waals surface area contributed by atoms with E-state index in [4.69, 9.17) is 11.6 Å². The molecule has 0 N–H and O–H groups in total. The normalized spacial score (nSPS) is 28.0. The molecule has 1 unspecified atom stereocenters. The predicted octanol–water partition coefficient (Wildman–Crippen LogP) is 6.43. The number of rotatable bonds is 2. The summed E-state index contributed by atoms with van der Waals surface area (Å²) in [5, 5.41) is 0.841. The van der Waals surface area contributed by atoms with Crippen LogP contribution in [0.2, 0.25) is 5.02 Å². The number of hydrogen-bond acceptors (Lipinski definition) is 1. The molecule has 0 bridgehead atoms. The zero-order chi connectivity index (χ0) is 11.7. The van der Waals surface area contributed by atoms with Crippen molar-refractivity contribution in [2.75, 3.05) is 0 Å². The number of halogens is 3. The second-order valence-corrected chi connectivity index (χ2v) is 8.49. The van der Waals surface area contributed by atoms with Crippen LogP contribution in [0.25, 0.3) is 0 Å². The van der Waals surface area contributed by atoms with E-state index in [0.717, 1.165) is 20.6 Å². The summed E-state index contributed by atoms with van der Waals surface area (Å²) in [7, 11) is 0. The first-order chi connectivity index (χ1) is 7.58. The van der Waals surface area contributed by atoms with E-state index in [0.29, 0.717) is 4.83 Å². The lowest BCUT2D eigenvalue weighted by Crippen LogP contribution is -2.15. The maximum atomic E-state index is 6.08. The molecular weight excluding hydrogens is 371 g/mol. The minimum atomic E-state index is 0.480. The van der Waals surface area contributed by atoms with E-state index in [1.54, 1.807) is 11.3 Å². The molecule has 1 aliphatic carbocycles. The molecule has 0 spiro atoms. The van der Waals surface area contributed by atoms with Gasteiger partial charge in [0.15, 0.2) is 0 Å². The standard InChI is InChI=1S/C12H15Br2ClS/c1-7-2-4-8(5-3-7)11(13)10-6-9(15)12(14)16-10/h6-8,11H,2-5H2,1H3. The van der Waals surface area contributed by atoms with E-state index in [9.17, 15) is 0 Å². The minimum absolute atomic E-state index is 0.480. The highest BCUT2D eigenvalue weighted by Gasteiger charge is 2.26. The van der Waals surface area contributed by atoms with Crippen LogP contribution in [0.1, 0.15) is 42.3 Å². The Morgan fingerprint density at radius 1 is 1.38 bits per heavy atom. The molecule has 1 atom stereocenters. The fraction of sp³-hybridized carbons (Fsp3) is 0.667. The van der Waals surface area contributed by atoms with Crippen molar-refractivity contribution in [1.82, 2.24) is 0 Å². The summed E-state index contributed by atoms with van der Waals surface area (Å²) in [4.78, 5) is 1.84. The molecule has 0 amide bonds. The summed E-state index contributed by atoms with van der Waals surface area (Å²) in [5.74, 6) is 1.69. The van der Waals surface area contributed by atoms with Crippen LogP contribution in [-0.2, 0) is 0 Å². The van der Waals surface area contributed by atoms with Gasteiger partial charge in [0.05, 0.1) is 13.6 Å². The topological polar surface area (TPSA) is 0 Å². The third-order valence-electron chi connectivity index (χ3n) is 3.41. The largest absolute Gasteiger partial charge is 0.130 e. The Labute approximate surface area is 123 Å². The van der Waals surface area contributed by atoms with Crippen molar-refractivity contribution in [3.63, 3.8) is 0 Å². The summed E-state index contributed by atoms with van der Waals surface area (Å²) >= 11 is 15.2. The lowest BCUT2D eigenvalue weighted by molar-refractivity contribution is 0.288. The summed E-state index contributed by atoms with van der Waals surface area (Å²) in [6.07, 6.45) is 5.41. The third-order valence-corrected chi connectivity index (χ3v) is 7.51. The van der Waals surface area contributed by atoms with Gasteiger partial charge in [-0.3, -0.25) is 0 Å². The highest BCUT2D eigenvalue weighted by molar-refractivity contribution is 9.11. The van der Waals surface area contributed by atoms with Crippen molar-refractivity contribution < 1.29 is 0 Å². The van der Waals surface area contributed by atoms with Crippen molar-refractivity contribution >= 4 is 54.8 Å². The van der Waals surface area contributed by atoms with E-state index < -0.39 is 0 Å². The molecule has 0 nitrogen and oxygen atoms in total. The third kappa shape index (κ3) is 3.04. The zero-order valence-electron chi connectivity index (χ0n) is 9.18. The lowest BCUT2D eigenvalue weighted by atomic mass is 9.81. The van der Waals surface area contributed by atoms with Gasteiger partial charge in [0.25, 0.3) is 0 Å². The van der Waals surface area contributed by atoms with Crippen LogP contribution in [0, 0.1) is 11.8 Å². The van der Waals surface area contributed by atoms with Gasteiger partial charge in [-0.1, -0.05) is 47.3 Å². The smallest absolute Gasteiger partial charge is 0.0887 e. The van der Waals surface area contributed by atoms with Gasteiger partial charge in [0.2, 0.25) is 0 Å². The molecule has 0 aliphatic heterocycles. The van der Waals surface area contributed by atoms with Gasteiger partial charge in [0, 0.05) is 4.88 Å². The highest BCUT2D eigenvalue weighted by Crippen LogP contribution is 2.46. The summed E-state index contributed by atoms with van der Waals surface area (Å²) < 4.78 is 1.05. The monoisotopic (exact) mass is 384 g/mol. The van der Waals surface area contributed by atoms with E-state index in [1.807, 2.05) is 0 Å². The van der Waals surface area contributed by atoms with Crippen LogP contribution in [0.3, 0.4) is 0 Å². The van der Waals surface area contributed by atoms with Gasteiger partial charge in [-0.2, -0.15) is 0 Å². The van der Waals surface area contributed by atoms with Crippen molar-refractivity contribution in [2.45, 2.75) is 37.4 Å². The first-order valence-corrected chi connectivity index (χ1v) is 8.57. The zero-order valence-corrected chi connectivity index (χ0v) is 13.9. The van der Waals surface area contributed by atoms with Gasteiger partial charge in [0.1, 0.15) is 0 Å². The molecule has 1 aromatic rings. The highest BCUT2D eigenvalue weighted by atomic mass is 79.9. The molecule has 1 aliphatic rings. The maximum Gasteiger partial charge on any atom is 0.0887 e. The van der Waals surface area contributed by atoms with E-state index in [-0.39, 0.29) is 0 Å². The van der Waals surface area contributed by atoms with Gasteiger partial charge >= 0.3 is 0 Å². The quantitative estimate of drug-likeness (QED) is 0.514. The predicted molar refractivity (Wildman–Crippen MR) is 79.8 cm³/mol. The van der Waals surface area contributed by atoms with Gasteiger partial charge in [-0.25, -0.2) is 0 Å². The molecule has 90 valence electrons. The van der Waals surface area contributed by atoms with Crippen LogP contribution in [0.4, 0.5) is 0 Å². The van der Waals surface area contributed by atoms with Crippen molar-refractivity contribution in [3.8, 4) is 0 Å². The molecule has 0 radical (unpaired) electrons.